The molecule has 7 nitrogen and oxygen atoms in total. The van der Waals surface area contributed by atoms with Crippen molar-refractivity contribution >= 4 is 23.2 Å². The summed E-state index contributed by atoms with van der Waals surface area (Å²) in [5.74, 6) is 0.335. The van der Waals surface area contributed by atoms with E-state index in [-0.39, 0.29) is 24.5 Å². The van der Waals surface area contributed by atoms with Crippen LogP contribution in [0.1, 0.15) is 30.6 Å². The predicted molar refractivity (Wildman–Crippen MR) is 115 cm³/mol. The van der Waals surface area contributed by atoms with Crippen molar-refractivity contribution in [3.63, 3.8) is 0 Å². The smallest absolute Gasteiger partial charge is 0.251 e. The van der Waals surface area contributed by atoms with Gasteiger partial charge in [0.1, 0.15) is 5.75 Å². The maximum Gasteiger partial charge on any atom is 0.251 e. The van der Waals surface area contributed by atoms with E-state index in [0.717, 1.165) is 17.9 Å². The lowest BCUT2D eigenvalue weighted by Crippen LogP contribution is -2.27. The van der Waals surface area contributed by atoms with E-state index in [9.17, 15) is 9.59 Å². The summed E-state index contributed by atoms with van der Waals surface area (Å²) in [6.45, 7) is 5.04. The van der Waals surface area contributed by atoms with Crippen molar-refractivity contribution in [2.75, 3.05) is 37.4 Å². The maximum absolute atomic E-state index is 12.3. The summed E-state index contributed by atoms with van der Waals surface area (Å²) in [4.78, 5) is 24.4. The van der Waals surface area contributed by atoms with E-state index in [4.69, 9.17) is 9.47 Å². The van der Waals surface area contributed by atoms with Gasteiger partial charge < -0.3 is 25.4 Å². The Morgan fingerprint density at radius 3 is 2.59 bits per heavy atom. The van der Waals surface area contributed by atoms with Crippen LogP contribution in [0.25, 0.3) is 0 Å². The summed E-state index contributed by atoms with van der Waals surface area (Å²) in [7, 11) is 1.57. The minimum atomic E-state index is -0.214. The average Bonchev–Trinajstić information content (AvgIpc) is 2.72. The molecule has 0 saturated heterocycles. The molecule has 156 valence electrons. The molecule has 0 aliphatic heterocycles. The third-order valence-electron chi connectivity index (χ3n) is 4.20. The number of hydrogen-bond acceptors (Lipinski definition) is 5. The van der Waals surface area contributed by atoms with Crippen molar-refractivity contribution < 1.29 is 19.1 Å². The zero-order valence-electron chi connectivity index (χ0n) is 17.2. The van der Waals surface area contributed by atoms with Crippen LogP contribution >= 0.6 is 0 Å². The first-order chi connectivity index (χ1) is 14.0. The molecule has 0 aliphatic carbocycles. The van der Waals surface area contributed by atoms with E-state index in [1.807, 2.05) is 31.2 Å². The van der Waals surface area contributed by atoms with Crippen molar-refractivity contribution in [1.82, 2.24) is 5.32 Å². The minimum Gasteiger partial charge on any atom is -0.491 e. The van der Waals surface area contributed by atoms with Gasteiger partial charge in [-0.05, 0) is 43.7 Å². The fourth-order valence-corrected chi connectivity index (χ4v) is 2.49. The number of amides is 2. The zero-order valence-corrected chi connectivity index (χ0v) is 17.2. The largest absolute Gasteiger partial charge is 0.491 e. The second-order valence-electron chi connectivity index (χ2n) is 6.60. The molecule has 0 heterocycles. The number of ether oxygens (including phenoxy) is 2. The molecular formula is C22H29N3O4. The third-order valence-corrected chi connectivity index (χ3v) is 4.20. The quantitative estimate of drug-likeness (QED) is 0.505. The zero-order chi connectivity index (χ0) is 21.1. The van der Waals surface area contributed by atoms with Gasteiger partial charge in [-0.1, -0.05) is 19.1 Å². The Hall–Kier alpha value is -3.06. The first kappa shape index (κ1) is 22.2. The molecule has 0 aromatic heterocycles. The highest BCUT2D eigenvalue weighted by molar-refractivity contribution is 5.98. The van der Waals surface area contributed by atoms with E-state index >= 15 is 0 Å². The fraction of sp³-hybridized carbons (Fsp3) is 0.364. The van der Waals surface area contributed by atoms with Crippen LogP contribution in [-0.2, 0) is 9.53 Å². The Morgan fingerprint density at radius 2 is 1.83 bits per heavy atom. The maximum atomic E-state index is 12.3. The Balaban J connectivity index is 1.87. The van der Waals surface area contributed by atoms with Gasteiger partial charge in [-0.25, -0.2) is 0 Å². The van der Waals surface area contributed by atoms with Crippen molar-refractivity contribution in [3.05, 3.63) is 54.1 Å². The molecule has 0 spiro atoms. The monoisotopic (exact) mass is 399 g/mol. The van der Waals surface area contributed by atoms with Gasteiger partial charge in [0.25, 0.3) is 5.91 Å². The Kier molecular flexibility index (Phi) is 8.98. The molecule has 0 fully saturated rings. The average molecular weight is 399 g/mol. The first-order valence-electron chi connectivity index (χ1n) is 9.69. The topological polar surface area (TPSA) is 88.7 Å². The summed E-state index contributed by atoms with van der Waals surface area (Å²) < 4.78 is 10.7. The highest BCUT2D eigenvalue weighted by atomic mass is 16.5. The number of carbonyl (C=O) groups excluding carboxylic acids is 2. The second kappa shape index (κ2) is 11.7. The Bertz CT molecular complexity index is 810. The molecule has 2 amide bonds. The van der Waals surface area contributed by atoms with Gasteiger partial charge in [-0.3, -0.25) is 9.59 Å². The molecule has 29 heavy (non-hydrogen) atoms. The Morgan fingerprint density at radius 1 is 1.07 bits per heavy atom. The van der Waals surface area contributed by atoms with Crippen molar-refractivity contribution in [1.29, 1.82) is 0 Å². The van der Waals surface area contributed by atoms with Crippen LogP contribution in [-0.4, -0.2) is 44.7 Å². The van der Waals surface area contributed by atoms with Crippen molar-refractivity contribution in [2.24, 2.45) is 0 Å². The molecule has 3 N–H and O–H groups in total. The normalized spacial score (nSPS) is 11.4. The van der Waals surface area contributed by atoms with Crippen LogP contribution in [0.15, 0.2) is 48.5 Å². The van der Waals surface area contributed by atoms with Gasteiger partial charge in [0.05, 0.1) is 19.3 Å². The lowest BCUT2D eigenvalue weighted by Gasteiger charge is -2.14. The second-order valence-corrected chi connectivity index (χ2v) is 6.60. The van der Waals surface area contributed by atoms with Crippen molar-refractivity contribution in [3.8, 4) is 5.75 Å². The van der Waals surface area contributed by atoms with E-state index in [1.165, 1.54) is 0 Å². The van der Waals surface area contributed by atoms with Gasteiger partial charge in [0.15, 0.2) is 0 Å². The van der Waals surface area contributed by atoms with Crippen LogP contribution in [0, 0.1) is 0 Å². The molecule has 0 saturated carbocycles. The SMILES string of the molecule is CCC(C)Oc1cccc(NCC(=O)Nc2cccc(C(=O)NCCOC)c2)c1. The van der Waals surface area contributed by atoms with Gasteiger partial charge in [-0.15, -0.1) is 0 Å². The summed E-state index contributed by atoms with van der Waals surface area (Å²) in [5, 5.41) is 8.63. The van der Waals surface area contributed by atoms with Gasteiger partial charge in [0, 0.05) is 36.7 Å². The summed E-state index contributed by atoms with van der Waals surface area (Å²) >= 11 is 0. The molecule has 1 unspecified atom stereocenters. The lowest BCUT2D eigenvalue weighted by atomic mass is 10.2. The van der Waals surface area contributed by atoms with Crippen molar-refractivity contribution in [2.45, 2.75) is 26.4 Å². The fourth-order valence-electron chi connectivity index (χ4n) is 2.49. The summed E-state index contributed by atoms with van der Waals surface area (Å²) in [6.07, 6.45) is 1.05. The number of methoxy groups -OCH3 is 1. The molecule has 1 atom stereocenters. The number of hydrogen-bond donors (Lipinski definition) is 3. The van der Waals surface area contributed by atoms with E-state index in [0.29, 0.717) is 24.4 Å². The molecule has 7 heteroatoms. The highest BCUT2D eigenvalue weighted by Crippen LogP contribution is 2.19. The predicted octanol–water partition coefficient (Wildman–Crippen LogP) is 3.29. The number of carbonyl (C=O) groups is 2. The standard InChI is InChI=1S/C22H29N3O4/c1-4-16(2)29-20-10-6-8-18(14-20)24-15-21(26)25-19-9-5-7-17(13-19)22(27)23-11-12-28-3/h5-10,13-14,16,24H,4,11-12,15H2,1-3H3,(H,23,27)(H,25,26). The van der Waals surface area contributed by atoms with Crippen LogP contribution in [0.5, 0.6) is 5.75 Å². The van der Waals surface area contributed by atoms with Gasteiger partial charge >= 0.3 is 0 Å². The van der Waals surface area contributed by atoms with E-state index in [1.54, 1.807) is 31.4 Å². The van der Waals surface area contributed by atoms with Crippen LogP contribution < -0.4 is 20.7 Å². The lowest BCUT2D eigenvalue weighted by molar-refractivity contribution is -0.114. The summed E-state index contributed by atoms with van der Waals surface area (Å²) in [6, 6.07) is 14.3. The van der Waals surface area contributed by atoms with Crippen LogP contribution in [0.2, 0.25) is 0 Å². The number of nitrogens with one attached hydrogen (secondary N) is 3. The molecule has 2 aromatic carbocycles. The molecule has 0 bridgehead atoms. The van der Waals surface area contributed by atoms with Crippen LogP contribution in [0.4, 0.5) is 11.4 Å². The molecule has 2 aromatic rings. The first-order valence-corrected chi connectivity index (χ1v) is 9.69. The van der Waals surface area contributed by atoms with E-state index in [2.05, 4.69) is 22.9 Å². The minimum absolute atomic E-state index is 0.0943. The number of anilines is 2. The van der Waals surface area contributed by atoms with Gasteiger partial charge in [-0.2, -0.15) is 0 Å². The van der Waals surface area contributed by atoms with Crippen LogP contribution in [0.3, 0.4) is 0 Å². The highest BCUT2D eigenvalue weighted by Gasteiger charge is 2.08. The molecule has 2 rings (SSSR count). The third kappa shape index (κ3) is 7.83. The molecule has 0 radical (unpaired) electrons. The number of benzene rings is 2. The Labute approximate surface area is 171 Å². The summed E-state index contributed by atoms with van der Waals surface area (Å²) in [5.41, 5.74) is 1.83. The molecule has 0 aliphatic rings. The van der Waals surface area contributed by atoms with Gasteiger partial charge in [0.2, 0.25) is 5.91 Å². The molecular weight excluding hydrogens is 370 g/mol. The van der Waals surface area contributed by atoms with E-state index < -0.39 is 0 Å². The number of rotatable bonds is 11.